The number of carboxylic acid groups (broad SMARTS) is 1. The van der Waals surface area contributed by atoms with Crippen LogP contribution in [0.1, 0.15) is 37.8 Å². The van der Waals surface area contributed by atoms with E-state index in [9.17, 15) is 33.6 Å². The minimum atomic E-state index is -1.07. The molecule has 0 aliphatic heterocycles. The molecule has 15 nitrogen and oxygen atoms in total. The van der Waals surface area contributed by atoms with Crippen molar-refractivity contribution in [2.24, 2.45) is 5.92 Å². The van der Waals surface area contributed by atoms with Gasteiger partial charge in [-0.25, -0.2) is 9.59 Å². The second-order valence-electron chi connectivity index (χ2n) is 12.4. The number of nitrogens with one attached hydrogen (secondary N) is 5. The molecule has 0 bridgehead atoms. The van der Waals surface area contributed by atoms with E-state index in [0.29, 0.717) is 16.5 Å². The van der Waals surface area contributed by atoms with Gasteiger partial charge in [0.2, 0.25) is 23.6 Å². The highest BCUT2D eigenvalue weighted by Gasteiger charge is 2.24. The van der Waals surface area contributed by atoms with Gasteiger partial charge in [0.15, 0.2) is 0 Å². The first-order valence-electron chi connectivity index (χ1n) is 16.8. The number of aliphatic carboxylic acids is 1. The SMILES string of the molecule is CC(C)C[C@H](NC(=O)CNC(=O)CNC(=O)OCc1ccccc1)C(=O)Nc1ccc2c(CC(=O)NCCC(=O)O)c(-c3ccccc3)c(=O)oc2c1. The lowest BCUT2D eigenvalue weighted by molar-refractivity contribution is -0.137. The van der Waals surface area contributed by atoms with E-state index >= 15 is 0 Å². The van der Waals surface area contributed by atoms with Crippen molar-refractivity contribution >= 4 is 52.3 Å². The Morgan fingerprint density at radius 1 is 0.811 bits per heavy atom. The summed E-state index contributed by atoms with van der Waals surface area (Å²) >= 11 is 0. The van der Waals surface area contributed by atoms with Crippen molar-refractivity contribution < 1.29 is 43.0 Å². The monoisotopic (exact) mass is 727 g/mol. The van der Waals surface area contributed by atoms with Crippen LogP contribution in [0, 0.1) is 5.92 Å². The summed E-state index contributed by atoms with van der Waals surface area (Å²) in [5.41, 5.74) is 1.45. The van der Waals surface area contributed by atoms with Crippen molar-refractivity contribution in [1.82, 2.24) is 21.3 Å². The molecule has 5 amide bonds. The summed E-state index contributed by atoms with van der Waals surface area (Å²) in [4.78, 5) is 87.4. The number of amides is 5. The number of hydrogen-bond acceptors (Lipinski definition) is 9. The van der Waals surface area contributed by atoms with Gasteiger partial charge in [0.05, 0.1) is 24.9 Å². The van der Waals surface area contributed by atoms with Gasteiger partial charge < -0.3 is 40.8 Å². The first-order valence-corrected chi connectivity index (χ1v) is 16.8. The fraction of sp³-hybridized carbons (Fsp3) is 0.289. The van der Waals surface area contributed by atoms with Gasteiger partial charge in [-0.15, -0.1) is 0 Å². The molecule has 0 spiro atoms. The van der Waals surface area contributed by atoms with Crippen LogP contribution in [-0.4, -0.2) is 66.5 Å². The fourth-order valence-corrected chi connectivity index (χ4v) is 5.30. The maximum Gasteiger partial charge on any atom is 0.407 e. The van der Waals surface area contributed by atoms with Gasteiger partial charge in [-0.2, -0.15) is 0 Å². The molecule has 3 aromatic carbocycles. The Hall–Kier alpha value is -6.51. The lowest BCUT2D eigenvalue weighted by Crippen LogP contribution is -2.49. The molecule has 278 valence electrons. The summed E-state index contributed by atoms with van der Waals surface area (Å²) in [6, 6.07) is 21.2. The topological polar surface area (TPSA) is 222 Å². The smallest absolute Gasteiger partial charge is 0.407 e. The Morgan fingerprint density at radius 3 is 2.17 bits per heavy atom. The van der Waals surface area contributed by atoms with Gasteiger partial charge in [-0.3, -0.25) is 24.0 Å². The van der Waals surface area contributed by atoms with Crippen LogP contribution < -0.4 is 32.2 Å². The molecule has 15 heteroatoms. The van der Waals surface area contributed by atoms with Crippen molar-refractivity contribution in [2.75, 3.05) is 25.0 Å². The number of hydrogen-bond donors (Lipinski definition) is 6. The molecule has 6 N–H and O–H groups in total. The van der Waals surface area contributed by atoms with Gasteiger partial charge in [0, 0.05) is 23.7 Å². The van der Waals surface area contributed by atoms with Crippen LogP contribution in [-0.2, 0) is 41.7 Å². The van der Waals surface area contributed by atoms with Gasteiger partial charge in [-0.05, 0) is 41.2 Å². The minimum Gasteiger partial charge on any atom is -0.481 e. The van der Waals surface area contributed by atoms with Crippen molar-refractivity contribution in [3.05, 3.63) is 100 Å². The van der Waals surface area contributed by atoms with E-state index in [1.807, 2.05) is 19.9 Å². The first kappa shape index (κ1) is 39.3. The van der Waals surface area contributed by atoms with Crippen LogP contribution in [0.3, 0.4) is 0 Å². The maximum atomic E-state index is 13.4. The van der Waals surface area contributed by atoms with Gasteiger partial charge in [-0.1, -0.05) is 74.5 Å². The number of fused-ring (bicyclic) bond motifs is 1. The third-order valence-corrected chi connectivity index (χ3v) is 7.75. The van der Waals surface area contributed by atoms with Gasteiger partial charge in [0.1, 0.15) is 24.8 Å². The molecule has 1 heterocycles. The minimum absolute atomic E-state index is 0.0121. The van der Waals surface area contributed by atoms with Crippen LogP contribution >= 0.6 is 0 Å². The van der Waals surface area contributed by atoms with Crippen LogP contribution in [0.4, 0.5) is 10.5 Å². The second-order valence-corrected chi connectivity index (χ2v) is 12.4. The second kappa shape index (κ2) is 19.2. The van der Waals surface area contributed by atoms with Crippen LogP contribution in [0.2, 0.25) is 0 Å². The number of carbonyl (C=O) groups is 6. The summed E-state index contributed by atoms with van der Waals surface area (Å²) in [7, 11) is 0. The zero-order valence-electron chi connectivity index (χ0n) is 29.2. The number of alkyl carbamates (subject to hydrolysis) is 1. The average Bonchev–Trinajstić information content (AvgIpc) is 3.12. The van der Waals surface area contributed by atoms with E-state index in [-0.39, 0.29) is 55.2 Å². The predicted octanol–water partition coefficient (Wildman–Crippen LogP) is 3.11. The summed E-state index contributed by atoms with van der Waals surface area (Å²) in [5.74, 6) is -3.43. The van der Waals surface area contributed by atoms with Crippen molar-refractivity contribution in [1.29, 1.82) is 0 Å². The molecular formula is C38H41N5O10. The summed E-state index contributed by atoms with van der Waals surface area (Å²) in [5, 5.41) is 22.0. The molecule has 0 saturated carbocycles. The maximum absolute atomic E-state index is 13.4. The molecule has 53 heavy (non-hydrogen) atoms. The standard InChI is InChI=1S/C38H41N5O10/c1-23(2)17-29(43-33(46)21-40-32(45)20-41-38(51)52-22-24-9-5-3-6-10-24)36(49)42-26-13-14-27-28(19-31(44)39-16-15-34(47)48)35(25-11-7-4-8-12-25)37(50)53-30(27)18-26/h3-14,18,23,29H,15-17,19-22H2,1-2H3,(H,39,44)(H,40,45)(H,41,51)(H,42,49)(H,43,46)(H,47,48)/t29-/m0/s1. The van der Waals surface area contributed by atoms with Gasteiger partial charge in [0.25, 0.3) is 0 Å². The Kier molecular flexibility index (Phi) is 14.2. The number of ether oxygens (including phenoxy) is 1. The molecule has 4 rings (SSSR count). The van der Waals surface area contributed by atoms with E-state index in [1.54, 1.807) is 66.7 Å². The molecule has 0 radical (unpaired) electrons. The zero-order chi connectivity index (χ0) is 38.3. The zero-order valence-corrected chi connectivity index (χ0v) is 29.2. The predicted molar refractivity (Wildman–Crippen MR) is 195 cm³/mol. The molecule has 1 aromatic heterocycles. The number of benzene rings is 3. The number of rotatable bonds is 17. The quantitative estimate of drug-likeness (QED) is 0.0873. The highest BCUT2D eigenvalue weighted by Crippen LogP contribution is 2.30. The van der Waals surface area contributed by atoms with E-state index < -0.39 is 60.4 Å². The molecule has 0 aliphatic carbocycles. The Labute approximate surface area is 304 Å². The Balaban J connectivity index is 1.41. The Bertz CT molecular complexity index is 2000. The lowest BCUT2D eigenvalue weighted by atomic mass is 9.95. The first-order chi connectivity index (χ1) is 25.4. The van der Waals surface area contributed by atoms with E-state index in [1.165, 1.54) is 6.07 Å². The summed E-state index contributed by atoms with van der Waals surface area (Å²) in [6.45, 7) is 2.78. The van der Waals surface area contributed by atoms with Crippen LogP contribution in [0.25, 0.3) is 22.1 Å². The van der Waals surface area contributed by atoms with Crippen molar-refractivity contribution in [2.45, 2.75) is 45.8 Å². The van der Waals surface area contributed by atoms with Gasteiger partial charge >= 0.3 is 17.7 Å². The van der Waals surface area contributed by atoms with Crippen molar-refractivity contribution in [3.63, 3.8) is 0 Å². The summed E-state index contributed by atoms with van der Waals surface area (Å²) in [6.07, 6.45) is -1.06. The third-order valence-electron chi connectivity index (χ3n) is 7.75. The molecule has 0 unspecified atom stereocenters. The van der Waals surface area contributed by atoms with Crippen molar-refractivity contribution in [3.8, 4) is 11.1 Å². The summed E-state index contributed by atoms with van der Waals surface area (Å²) < 4.78 is 10.7. The molecule has 0 saturated heterocycles. The molecule has 1 atom stereocenters. The number of carbonyl (C=O) groups excluding carboxylic acids is 5. The highest BCUT2D eigenvalue weighted by atomic mass is 16.5. The number of anilines is 1. The molecule has 0 fully saturated rings. The average molecular weight is 728 g/mol. The fourth-order valence-electron chi connectivity index (χ4n) is 5.30. The van der Waals surface area contributed by atoms with Crippen LogP contribution in [0.15, 0.2) is 88.1 Å². The Morgan fingerprint density at radius 2 is 1.49 bits per heavy atom. The highest BCUT2D eigenvalue weighted by molar-refractivity contribution is 6.00. The lowest BCUT2D eigenvalue weighted by Gasteiger charge is -2.20. The molecular weight excluding hydrogens is 686 g/mol. The number of carboxylic acids is 1. The molecule has 0 aliphatic rings. The molecule has 4 aromatic rings. The normalized spacial score (nSPS) is 11.3. The van der Waals surface area contributed by atoms with E-state index in [0.717, 1.165) is 5.56 Å². The van der Waals surface area contributed by atoms with E-state index in [4.69, 9.17) is 14.3 Å². The largest absolute Gasteiger partial charge is 0.481 e. The van der Waals surface area contributed by atoms with E-state index in [2.05, 4.69) is 26.6 Å². The van der Waals surface area contributed by atoms with Crippen LogP contribution in [0.5, 0.6) is 0 Å². The third kappa shape index (κ3) is 12.3.